The molecular formula is C44H88N2O4. The van der Waals surface area contributed by atoms with Crippen LogP contribution in [0.2, 0.25) is 0 Å². The first-order valence-corrected chi connectivity index (χ1v) is 22.2. The van der Waals surface area contributed by atoms with Gasteiger partial charge < -0.3 is 20.1 Å². The molecule has 0 radical (unpaired) electrons. The molecule has 0 aromatic heterocycles. The number of esters is 2. The maximum Gasteiger partial charge on any atom is 0.307 e. The first-order valence-electron chi connectivity index (χ1n) is 22.2. The molecule has 0 amide bonds. The zero-order valence-electron chi connectivity index (χ0n) is 34.3. The van der Waals surface area contributed by atoms with Gasteiger partial charge in [-0.3, -0.25) is 9.59 Å². The lowest BCUT2D eigenvalue weighted by Gasteiger charge is -2.23. The lowest BCUT2D eigenvalue weighted by molar-refractivity contribution is -0.145. The van der Waals surface area contributed by atoms with Crippen LogP contribution >= 0.6 is 0 Å². The number of hydrogen-bond acceptors (Lipinski definition) is 6. The van der Waals surface area contributed by atoms with Gasteiger partial charge in [0.15, 0.2) is 0 Å². The topological polar surface area (TPSA) is 81.9 Å². The number of unbranched alkanes of at least 4 members (excludes halogenated alkanes) is 19. The average Bonchev–Trinajstić information content (AvgIpc) is 3.12. The van der Waals surface area contributed by atoms with Gasteiger partial charge in [-0.05, 0) is 63.5 Å². The van der Waals surface area contributed by atoms with Crippen LogP contribution in [0.3, 0.4) is 0 Å². The van der Waals surface area contributed by atoms with Crippen molar-refractivity contribution in [1.82, 2.24) is 4.90 Å². The molecule has 2 unspecified atom stereocenters. The van der Waals surface area contributed by atoms with Gasteiger partial charge in [0.05, 0.1) is 26.1 Å². The van der Waals surface area contributed by atoms with E-state index in [1.54, 1.807) is 0 Å². The summed E-state index contributed by atoms with van der Waals surface area (Å²) in [6.07, 6.45) is 35.5. The molecule has 0 aliphatic rings. The van der Waals surface area contributed by atoms with E-state index in [0.717, 1.165) is 51.6 Å². The molecule has 0 aromatic carbocycles. The molecular weight excluding hydrogens is 620 g/mol. The molecule has 298 valence electrons. The number of hydrogen-bond donors (Lipinski definition) is 1. The fraction of sp³-hybridized carbons (Fsp3) is 0.955. The smallest absolute Gasteiger partial charge is 0.307 e. The van der Waals surface area contributed by atoms with Gasteiger partial charge in [0.1, 0.15) is 0 Å². The minimum absolute atomic E-state index is 0.0946. The number of carbonyl (C=O) groups excluding carboxylic acids is 2. The minimum Gasteiger partial charge on any atom is -0.465 e. The molecule has 6 nitrogen and oxygen atoms in total. The van der Waals surface area contributed by atoms with E-state index in [2.05, 4.69) is 32.6 Å². The third-order valence-electron chi connectivity index (χ3n) is 10.5. The van der Waals surface area contributed by atoms with E-state index in [1.807, 2.05) is 0 Å². The van der Waals surface area contributed by atoms with E-state index in [1.165, 1.54) is 141 Å². The fourth-order valence-corrected chi connectivity index (χ4v) is 7.00. The Morgan fingerprint density at radius 2 is 0.760 bits per heavy atom. The molecule has 0 aliphatic heterocycles. The predicted molar refractivity (Wildman–Crippen MR) is 216 cm³/mol. The number of rotatable bonds is 40. The highest BCUT2D eigenvalue weighted by molar-refractivity contribution is 5.70. The summed E-state index contributed by atoms with van der Waals surface area (Å²) < 4.78 is 11.8. The molecule has 50 heavy (non-hydrogen) atoms. The van der Waals surface area contributed by atoms with Crippen molar-refractivity contribution in [1.29, 1.82) is 0 Å². The first kappa shape index (κ1) is 48.9. The van der Waals surface area contributed by atoms with Crippen molar-refractivity contribution in [2.75, 3.05) is 39.4 Å². The Bertz CT molecular complexity index is 666. The Labute approximate surface area is 312 Å². The summed E-state index contributed by atoms with van der Waals surface area (Å²) in [5.41, 5.74) is 5.70. The highest BCUT2D eigenvalue weighted by Crippen LogP contribution is 2.21. The second-order valence-corrected chi connectivity index (χ2v) is 15.5. The number of nitrogens with two attached hydrogens (primary N) is 1. The van der Waals surface area contributed by atoms with Gasteiger partial charge in [0, 0.05) is 13.1 Å². The van der Waals surface area contributed by atoms with Crippen molar-refractivity contribution < 1.29 is 19.1 Å². The van der Waals surface area contributed by atoms with Gasteiger partial charge in [-0.1, -0.05) is 169 Å². The molecule has 0 spiro atoms. The molecule has 0 bridgehead atoms. The van der Waals surface area contributed by atoms with Crippen molar-refractivity contribution in [3.05, 3.63) is 0 Å². The number of ether oxygens (including phenoxy) is 2. The summed E-state index contributed by atoms with van der Waals surface area (Å²) in [7, 11) is 0. The molecule has 0 saturated carbocycles. The Morgan fingerprint density at radius 3 is 1.14 bits per heavy atom. The molecule has 2 N–H and O–H groups in total. The quantitative estimate of drug-likeness (QED) is 0.0504. The van der Waals surface area contributed by atoms with Gasteiger partial charge in [-0.15, -0.1) is 0 Å². The van der Waals surface area contributed by atoms with Crippen molar-refractivity contribution in [2.24, 2.45) is 17.6 Å². The van der Waals surface area contributed by atoms with Crippen LogP contribution in [0.25, 0.3) is 0 Å². The number of carbonyl (C=O) groups is 2. The molecule has 0 aromatic rings. The fourth-order valence-electron chi connectivity index (χ4n) is 7.00. The van der Waals surface area contributed by atoms with Crippen LogP contribution in [-0.4, -0.2) is 56.2 Å². The van der Waals surface area contributed by atoms with Crippen LogP contribution in [0.4, 0.5) is 0 Å². The summed E-state index contributed by atoms with van der Waals surface area (Å²) in [5, 5.41) is 0. The van der Waals surface area contributed by atoms with E-state index in [9.17, 15) is 9.59 Å². The molecule has 0 saturated heterocycles. The third-order valence-corrected chi connectivity index (χ3v) is 10.5. The normalized spacial score (nSPS) is 12.8. The van der Waals surface area contributed by atoms with Crippen molar-refractivity contribution in [3.8, 4) is 0 Å². The summed E-state index contributed by atoms with van der Waals surface area (Å²) in [5.74, 6) is 0.768. The Hall–Kier alpha value is -1.14. The summed E-state index contributed by atoms with van der Waals surface area (Å²) in [4.78, 5) is 28.2. The van der Waals surface area contributed by atoms with E-state index in [4.69, 9.17) is 15.2 Å². The molecule has 0 rings (SSSR count). The van der Waals surface area contributed by atoms with Gasteiger partial charge in [0.25, 0.3) is 0 Å². The second kappa shape index (κ2) is 39.1. The summed E-state index contributed by atoms with van der Waals surface area (Å²) in [6, 6.07) is 0. The Balaban J connectivity index is 4.86. The Kier molecular flexibility index (Phi) is 38.2. The zero-order valence-corrected chi connectivity index (χ0v) is 34.3. The monoisotopic (exact) mass is 709 g/mol. The summed E-state index contributed by atoms with van der Waals surface area (Å²) >= 11 is 0. The van der Waals surface area contributed by atoms with Crippen molar-refractivity contribution >= 4 is 11.9 Å². The van der Waals surface area contributed by atoms with Crippen LogP contribution in [0.15, 0.2) is 0 Å². The lowest BCUT2D eigenvalue weighted by atomic mass is 9.95. The van der Waals surface area contributed by atoms with E-state index in [0.29, 0.717) is 51.0 Å². The molecule has 0 heterocycles. The van der Waals surface area contributed by atoms with E-state index >= 15 is 0 Å². The van der Waals surface area contributed by atoms with Crippen LogP contribution in [0, 0.1) is 11.8 Å². The van der Waals surface area contributed by atoms with Crippen LogP contribution in [0.5, 0.6) is 0 Å². The highest BCUT2D eigenvalue weighted by atomic mass is 16.5. The SMILES string of the molecule is CCCCCCCCC(CCCCCC)COC(=O)CCN(CCCCCCN)CCC(=O)OCC(CCCCCC)CCCCCCCC. The van der Waals surface area contributed by atoms with E-state index < -0.39 is 0 Å². The molecule has 2 atom stereocenters. The van der Waals surface area contributed by atoms with Gasteiger partial charge in [0.2, 0.25) is 0 Å². The standard InChI is InChI=1S/C44H88N2O4/c1-5-9-13-17-19-25-31-41(29-23-15-11-7-3)39-49-43(47)33-37-46(36-28-22-21-27-35-45)38-34-44(48)50-40-42(30-24-16-12-8-4)32-26-20-18-14-10-6-2/h41-42H,5-40,45H2,1-4H3. The van der Waals surface area contributed by atoms with Crippen molar-refractivity contribution in [2.45, 2.75) is 220 Å². The van der Waals surface area contributed by atoms with Gasteiger partial charge in [-0.25, -0.2) is 0 Å². The molecule has 0 fully saturated rings. The second-order valence-electron chi connectivity index (χ2n) is 15.5. The third kappa shape index (κ3) is 34.0. The Morgan fingerprint density at radius 1 is 0.440 bits per heavy atom. The maximum atomic E-state index is 12.9. The molecule has 6 heteroatoms. The summed E-state index contributed by atoms with van der Waals surface area (Å²) in [6.45, 7) is 13.1. The predicted octanol–water partition coefficient (Wildman–Crippen LogP) is 12.3. The minimum atomic E-state index is -0.0946. The molecule has 0 aliphatic carbocycles. The van der Waals surface area contributed by atoms with Crippen LogP contribution in [0.1, 0.15) is 220 Å². The zero-order chi connectivity index (χ0) is 36.8. The highest BCUT2D eigenvalue weighted by Gasteiger charge is 2.17. The van der Waals surface area contributed by atoms with Gasteiger partial charge in [-0.2, -0.15) is 0 Å². The largest absolute Gasteiger partial charge is 0.465 e. The van der Waals surface area contributed by atoms with Crippen molar-refractivity contribution in [3.63, 3.8) is 0 Å². The van der Waals surface area contributed by atoms with Crippen LogP contribution in [-0.2, 0) is 19.1 Å². The van der Waals surface area contributed by atoms with Crippen LogP contribution < -0.4 is 5.73 Å². The first-order chi connectivity index (χ1) is 24.5. The maximum absolute atomic E-state index is 12.9. The average molecular weight is 709 g/mol. The van der Waals surface area contributed by atoms with E-state index in [-0.39, 0.29) is 11.9 Å². The number of nitrogens with zero attached hydrogens (tertiary/aromatic N) is 1. The van der Waals surface area contributed by atoms with Gasteiger partial charge >= 0.3 is 11.9 Å². The lowest BCUT2D eigenvalue weighted by Crippen LogP contribution is -2.31.